The van der Waals surface area contributed by atoms with Crippen LogP contribution in [-0.2, 0) is 24.2 Å². The van der Waals surface area contributed by atoms with Crippen molar-refractivity contribution >= 4 is 29.9 Å². The Hall–Kier alpha value is -2.00. The second kappa shape index (κ2) is 12.5. The maximum absolute atomic E-state index is 5.74. The lowest BCUT2D eigenvalue weighted by atomic mass is 10.1. The summed E-state index contributed by atoms with van der Waals surface area (Å²) in [5, 5.41) is 6.62. The van der Waals surface area contributed by atoms with E-state index >= 15 is 0 Å². The van der Waals surface area contributed by atoms with Crippen LogP contribution in [0.15, 0.2) is 47.5 Å². The Balaban J connectivity index is 0.00000300. The number of methoxy groups -OCH3 is 1. The van der Waals surface area contributed by atoms with Crippen LogP contribution in [0.2, 0.25) is 0 Å². The zero-order valence-electron chi connectivity index (χ0n) is 17.1. The molecule has 2 aromatic carbocycles. The van der Waals surface area contributed by atoms with Crippen molar-refractivity contribution in [3.05, 3.63) is 59.2 Å². The SMILES string of the molecule is CN=C(NCCOCc1ccccc1OC)NCCc1ccc2c(c1)CCO2.I. The molecule has 0 radical (unpaired) electrons. The van der Waals surface area contributed by atoms with Crippen LogP contribution < -0.4 is 20.1 Å². The van der Waals surface area contributed by atoms with Gasteiger partial charge in [-0.25, -0.2) is 0 Å². The number of nitrogens with one attached hydrogen (secondary N) is 2. The van der Waals surface area contributed by atoms with E-state index in [1.54, 1.807) is 14.2 Å². The number of rotatable bonds is 9. The van der Waals surface area contributed by atoms with Crippen LogP contribution >= 0.6 is 24.0 Å². The van der Waals surface area contributed by atoms with Crippen molar-refractivity contribution in [2.45, 2.75) is 19.4 Å². The Morgan fingerprint density at radius 3 is 2.79 bits per heavy atom. The minimum atomic E-state index is 0. The first kappa shape index (κ1) is 23.3. The summed E-state index contributed by atoms with van der Waals surface area (Å²) < 4.78 is 16.6. The van der Waals surface area contributed by atoms with Gasteiger partial charge in [-0.05, 0) is 29.7 Å². The van der Waals surface area contributed by atoms with Crippen LogP contribution in [0.25, 0.3) is 0 Å². The molecule has 0 aliphatic carbocycles. The average molecular weight is 511 g/mol. The van der Waals surface area contributed by atoms with E-state index in [1.807, 2.05) is 24.3 Å². The van der Waals surface area contributed by atoms with Crippen molar-refractivity contribution in [2.75, 3.05) is 40.5 Å². The topological polar surface area (TPSA) is 64.1 Å². The van der Waals surface area contributed by atoms with Gasteiger partial charge in [0, 0.05) is 32.1 Å². The van der Waals surface area contributed by atoms with Crippen molar-refractivity contribution in [3.63, 3.8) is 0 Å². The monoisotopic (exact) mass is 511 g/mol. The van der Waals surface area contributed by atoms with E-state index in [0.717, 1.165) is 49.0 Å². The van der Waals surface area contributed by atoms with Crippen LogP contribution in [0.3, 0.4) is 0 Å². The highest BCUT2D eigenvalue weighted by Crippen LogP contribution is 2.25. The summed E-state index contributed by atoms with van der Waals surface area (Å²) in [6.45, 7) is 3.42. The predicted molar refractivity (Wildman–Crippen MR) is 127 cm³/mol. The molecule has 0 spiro atoms. The van der Waals surface area contributed by atoms with E-state index < -0.39 is 0 Å². The second-order valence-electron chi connectivity index (χ2n) is 6.58. The molecule has 0 saturated heterocycles. The number of nitrogens with zero attached hydrogens (tertiary/aromatic N) is 1. The van der Waals surface area contributed by atoms with Crippen molar-refractivity contribution in [2.24, 2.45) is 4.99 Å². The third-order valence-corrected chi connectivity index (χ3v) is 4.67. The minimum absolute atomic E-state index is 0. The number of benzene rings is 2. The summed E-state index contributed by atoms with van der Waals surface area (Å²) in [6.07, 6.45) is 1.95. The molecular formula is C22H30IN3O3. The molecule has 0 fully saturated rings. The molecule has 158 valence electrons. The lowest BCUT2D eigenvalue weighted by molar-refractivity contribution is 0.123. The van der Waals surface area contributed by atoms with E-state index in [9.17, 15) is 0 Å². The molecule has 2 N–H and O–H groups in total. The van der Waals surface area contributed by atoms with Gasteiger partial charge in [0.1, 0.15) is 11.5 Å². The first-order chi connectivity index (χ1) is 13.8. The molecule has 29 heavy (non-hydrogen) atoms. The van der Waals surface area contributed by atoms with E-state index in [4.69, 9.17) is 14.2 Å². The standard InChI is InChI=1S/C22H29N3O3.HI/c1-23-22(24-11-9-17-7-8-21-18(15-17)10-13-28-21)25-12-14-27-16-19-5-3-4-6-20(19)26-2;/h3-8,15H,9-14,16H2,1-2H3,(H2,23,24,25);1H. The lowest BCUT2D eigenvalue weighted by Gasteiger charge is -2.13. The summed E-state index contributed by atoms with van der Waals surface area (Å²) in [5.41, 5.74) is 3.67. The van der Waals surface area contributed by atoms with Gasteiger partial charge in [0.2, 0.25) is 0 Å². The molecule has 2 aromatic rings. The van der Waals surface area contributed by atoms with Gasteiger partial charge in [-0.1, -0.05) is 30.3 Å². The molecule has 0 aromatic heterocycles. The molecule has 0 saturated carbocycles. The number of halogens is 1. The first-order valence-electron chi connectivity index (χ1n) is 9.69. The number of ether oxygens (including phenoxy) is 3. The summed E-state index contributed by atoms with van der Waals surface area (Å²) in [7, 11) is 3.45. The number of aliphatic imine (C=N–C) groups is 1. The fourth-order valence-corrected chi connectivity index (χ4v) is 3.19. The molecule has 0 atom stereocenters. The molecule has 6 nitrogen and oxygen atoms in total. The zero-order chi connectivity index (χ0) is 19.6. The highest BCUT2D eigenvalue weighted by molar-refractivity contribution is 14.0. The van der Waals surface area contributed by atoms with Gasteiger partial charge in [-0.15, -0.1) is 24.0 Å². The number of guanidine groups is 1. The molecule has 1 heterocycles. The molecule has 0 amide bonds. The zero-order valence-corrected chi connectivity index (χ0v) is 19.4. The minimum Gasteiger partial charge on any atom is -0.496 e. The van der Waals surface area contributed by atoms with Crippen molar-refractivity contribution in [1.82, 2.24) is 10.6 Å². The number of hydrogen-bond acceptors (Lipinski definition) is 4. The normalized spacial score (nSPS) is 12.6. The highest BCUT2D eigenvalue weighted by Gasteiger charge is 2.11. The van der Waals surface area contributed by atoms with Crippen molar-refractivity contribution in [1.29, 1.82) is 0 Å². The largest absolute Gasteiger partial charge is 0.496 e. The van der Waals surface area contributed by atoms with Gasteiger partial charge >= 0.3 is 0 Å². The molecule has 3 rings (SSSR count). The van der Waals surface area contributed by atoms with Crippen LogP contribution in [-0.4, -0.2) is 46.4 Å². The Morgan fingerprint density at radius 1 is 1.14 bits per heavy atom. The van der Waals surface area contributed by atoms with Gasteiger partial charge in [0.15, 0.2) is 5.96 Å². The summed E-state index contributed by atoms with van der Waals surface area (Å²) in [6, 6.07) is 14.3. The average Bonchev–Trinajstić information content (AvgIpc) is 3.20. The molecular weight excluding hydrogens is 481 g/mol. The van der Waals surface area contributed by atoms with Crippen molar-refractivity contribution < 1.29 is 14.2 Å². The second-order valence-corrected chi connectivity index (χ2v) is 6.58. The van der Waals surface area contributed by atoms with Gasteiger partial charge < -0.3 is 24.8 Å². The third-order valence-electron chi connectivity index (χ3n) is 4.67. The van der Waals surface area contributed by atoms with Gasteiger partial charge in [-0.3, -0.25) is 4.99 Å². The van der Waals surface area contributed by atoms with Crippen molar-refractivity contribution in [3.8, 4) is 11.5 Å². The fourth-order valence-electron chi connectivity index (χ4n) is 3.19. The fraction of sp³-hybridized carbons (Fsp3) is 0.409. The van der Waals surface area contributed by atoms with Crippen LogP contribution in [0.5, 0.6) is 11.5 Å². The van der Waals surface area contributed by atoms with E-state index in [1.165, 1.54) is 11.1 Å². The van der Waals surface area contributed by atoms with Gasteiger partial charge in [0.25, 0.3) is 0 Å². The quantitative estimate of drug-likeness (QED) is 0.235. The molecule has 0 unspecified atom stereocenters. The molecule has 1 aliphatic heterocycles. The number of para-hydroxylation sites is 1. The molecule has 1 aliphatic rings. The molecule has 7 heteroatoms. The first-order valence-corrected chi connectivity index (χ1v) is 9.69. The van der Waals surface area contributed by atoms with Crippen LogP contribution in [0, 0.1) is 0 Å². The number of hydrogen-bond donors (Lipinski definition) is 2. The van der Waals surface area contributed by atoms with Gasteiger partial charge in [-0.2, -0.15) is 0 Å². The number of fused-ring (bicyclic) bond motifs is 1. The highest BCUT2D eigenvalue weighted by atomic mass is 127. The summed E-state index contributed by atoms with van der Waals surface area (Å²) >= 11 is 0. The van der Waals surface area contributed by atoms with E-state index in [2.05, 4.69) is 33.8 Å². The predicted octanol–water partition coefficient (Wildman–Crippen LogP) is 3.17. The summed E-state index contributed by atoms with van der Waals surface area (Å²) in [4.78, 5) is 4.26. The maximum atomic E-state index is 5.74. The lowest BCUT2D eigenvalue weighted by Crippen LogP contribution is -2.39. The maximum Gasteiger partial charge on any atom is 0.191 e. The smallest absolute Gasteiger partial charge is 0.191 e. The van der Waals surface area contributed by atoms with E-state index in [0.29, 0.717) is 19.8 Å². The van der Waals surface area contributed by atoms with Crippen LogP contribution in [0.1, 0.15) is 16.7 Å². The summed E-state index contributed by atoms with van der Waals surface area (Å²) in [5.74, 6) is 2.67. The van der Waals surface area contributed by atoms with Crippen LogP contribution in [0.4, 0.5) is 0 Å². The Kier molecular flexibility index (Phi) is 10.1. The Morgan fingerprint density at radius 2 is 1.97 bits per heavy atom. The Labute approximate surface area is 190 Å². The van der Waals surface area contributed by atoms with Gasteiger partial charge in [0.05, 0.1) is 26.9 Å². The molecule has 0 bridgehead atoms. The third kappa shape index (κ3) is 7.08. The Bertz CT molecular complexity index is 799. The van der Waals surface area contributed by atoms with E-state index in [-0.39, 0.29) is 24.0 Å².